The maximum absolute atomic E-state index is 4.11. The van der Waals surface area contributed by atoms with Gasteiger partial charge in [-0.15, -0.1) is 21.5 Å². The van der Waals surface area contributed by atoms with Crippen LogP contribution in [0.25, 0.3) is 0 Å². The number of hydrogen-bond donors (Lipinski definition) is 0. The van der Waals surface area contributed by atoms with Crippen LogP contribution in [0.2, 0.25) is 0 Å². The minimum absolute atomic E-state index is 0.979. The van der Waals surface area contributed by atoms with Gasteiger partial charge < -0.3 is 0 Å². The Morgan fingerprint density at radius 1 is 1.13 bits per heavy atom. The van der Waals surface area contributed by atoms with Crippen molar-refractivity contribution in [3.8, 4) is 0 Å². The third-order valence-electron chi connectivity index (χ3n) is 2.11. The van der Waals surface area contributed by atoms with Crippen LogP contribution < -0.4 is 0 Å². The van der Waals surface area contributed by atoms with Gasteiger partial charge in [0.2, 0.25) is 0 Å². The normalized spacial score (nSPS) is 10.5. The molecule has 4 heteroatoms. The molecule has 0 unspecified atom stereocenters. The molecular formula is C11H11BrN2S. The average Bonchev–Trinajstić information content (AvgIpc) is 2.64. The summed E-state index contributed by atoms with van der Waals surface area (Å²) in [6, 6.07) is 8.41. The molecule has 0 spiro atoms. The van der Waals surface area contributed by atoms with E-state index in [9.17, 15) is 0 Å². The van der Waals surface area contributed by atoms with Crippen molar-refractivity contribution in [2.45, 2.75) is 19.8 Å². The summed E-state index contributed by atoms with van der Waals surface area (Å²) < 4.78 is 1.12. The lowest BCUT2D eigenvalue weighted by atomic mass is 10.1. The van der Waals surface area contributed by atoms with Crippen molar-refractivity contribution in [1.82, 2.24) is 10.2 Å². The van der Waals surface area contributed by atoms with E-state index in [1.54, 1.807) is 11.3 Å². The van der Waals surface area contributed by atoms with E-state index in [1.807, 2.05) is 6.92 Å². The fourth-order valence-electron chi connectivity index (χ4n) is 1.34. The highest BCUT2D eigenvalue weighted by Gasteiger charge is 2.01. The summed E-state index contributed by atoms with van der Waals surface area (Å²) in [6.45, 7) is 1.99. The number of benzene rings is 1. The predicted octanol–water partition coefficient (Wildman–Crippen LogP) is 3.39. The van der Waals surface area contributed by atoms with E-state index in [2.05, 4.69) is 50.4 Å². The number of halogens is 1. The summed E-state index contributed by atoms with van der Waals surface area (Å²) in [5.74, 6) is 0. The zero-order chi connectivity index (χ0) is 10.7. The topological polar surface area (TPSA) is 25.8 Å². The van der Waals surface area contributed by atoms with Crippen LogP contribution in [0, 0.1) is 6.92 Å². The van der Waals surface area contributed by atoms with E-state index in [1.165, 1.54) is 5.56 Å². The molecule has 1 aromatic carbocycles. The molecule has 0 aliphatic rings. The zero-order valence-corrected chi connectivity index (χ0v) is 10.8. The zero-order valence-electron chi connectivity index (χ0n) is 8.40. The second kappa shape index (κ2) is 4.86. The van der Waals surface area contributed by atoms with Crippen molar-refractivity contribution >= 4 is 27.3 Å². The van der Waals surface area contributed by atoms with Gasteiger partial charge in [0.25, 0.3) is 0 Å². The molecule has 0 bridgehead atoms. The van der Waals surface area contributed by atoms with Crippen molar-refractivity contribution in [2.24, 2.45) is 0 Å². The van der Waals surface area contributed by atoms with E-state index in [4.69, 9.17) is 0 Å². The first-order chi connectivity index (χ1) is 7.24. The number of nitrogens with zero attached hydrogens (tertiary/aromatic N) is 2. The number of rotatable bonds is 3. The molecule has 0 amide bonds. The van der Waals surface area contributed by atoms with Gasteiger partial charge in [0.05, 0.1) is 0 Å². The van der Waals surface area contributed by atoms with Crippen LogP contribution in [0.4, 0.5) is 0 Å². The van der Waals surface area contributed by atoms with Gasteiger partial charge in [0, 0.05) is 10.9 Å². The lowest BCUT2D eigenvalue weighted by Gasteiger charge is -1.98. The molecule has 78 valence electrons. The Hall–Kier alpha value is -0.740. The van der Waals surface area contributed by atoms with Crippen molar-refractivity contribution in [3.05, 3.63) is 44.3 Å². The largest absolute Gasteiger partial charge is 0.144 e. The predicted molar refractivity (Wildman–Crippen MR) is 66.2 cm³/mol. The standard InChI is InChI=1S/C11H11BrN2S/c1-8-13-14-11(15-8)7-4-9-2-5-10(12)6-3-9/h2-3,5-6H,4,7H2,1H3. The summed E-state index contributed by atoms with van der Waals surface area (Å²) in [7, 11) is 0. The van der Waals surface area contributed by atoms with Gasteiger partial charge in [0.15, 0.2) is 0 Å². The average molecular weight is 283 g/mol. The molecule has 0 N–H and O–H groups in total. The monoisotopic (exact) mass is 282 g/mol. The molecule has 2 nitrogen and oxygen atoms in total. The highest BCUT2D eigenvalue weighted by Crippen LogP contribution is 2.14. The lowest BCUT2D eigenvalue weighted by Crippen LogP contribution is -1.90. The maximum Gasteiger partial charge on any atom is 0.117 e. The molecule has 0 aliphatic heterocycles. The third kappa shape index (κ3) is 3.11. The Bertz CT molecular complexity index is 436. The molecule has 0 saturated carbocycles. The second-order valence-electron chi connectivity index (χ2n) is 3.34. The van der Waals surface area contributed by atoms with Gasteiger partial charge in [0.1, 0.15) is 10.0 Å². The fourth-order valence-corrected chi connectivity index (χ4v) is 2.31. The van der Waals surface area contributed by atoms with E-state index >= 15 is 0 Å². The molecule has 0 radical (unpaired) electrons. The maximum atomic E-state index is 4.11. The van der Waals surface area contributed by atoms with Gasteiger partial charge in [-0.3, -0.25) is 0 Å². The smallest absolute Gasteiger partial charge is 0.117 e. The number of aromatic nitrogens is 2. The molecule has 1 aromatic heterocycles. The first kappa shape index (κ1) is 10.8. The molecule has 0 fully saturated rings. The quantitative estimate of drug-likeness (QED) is 0.862. The molecule has 15 heavy (non-hydrogen) atoms. The summed E-state index contributed by atoms with van der Waals surface area (Å²) in [4.78, 5) is 0. The Morgan fingerprint density at radius 2 is 1.87 bits per heavy atom. The van der Waals surface area contributed by atoms with Crippen LogP contribution in [-0.2, 0) is 12.8 Å². The van der Waals surface area contributed by atoms with Crippen molar-refractivity contribution in [1.29, 1.82) is 0 Å². The molecule has 0 saturated heterocycles. The summed E-state index contributed by atoms with van der Waals surface area (Å²) >= 11 is 5.10. The van der Waals surface area contributed by atoms with E-state index < -0.39 is 0 Å². The molecule has 2 rings (SSSR count). The van der Waals surface area contributed by atoms with Crippen LogP contribution in [0.15, 0.2) is 28.7 Å². The minimum Gasteiger partial charge on any atom is -0.144 e. The van der Waals surface area contributed by atoms with Crippen LogP contribution in [0.1, 0.15) is 15.6 Å². The van der Waals surface area contributed by atoms with Gasteiger partial charge in [-0.25, -0.2) is 0 Å². The Balaban J connectivity index is 1.96. The van der Waals surface area contributed by atoms with E-state index in [0.29, 0.717) is 0 Å². The number of hydrogen-bond acceptors (Lipinski definition) is 3. The van der Waals surface area contributed by atoms with Gasteiger partial charge in [-0.2, -0.15) is 0 Å². The summed E-state index contributed by atoms with van der Waals surface area (Å²) in [6.07, 6.45) is 2.01. The van der Waals surface area contributed by atoms with Crippen molar-refractivity contribution in [3.63, 3.8) is 0 Å². The Morgan fingerprint density at radius 3 is 2.47 bits per heavy atom. The third-order valence-corrected chi connectivity index (χ3v) is 3.54. The van der Waals surface area contributed by atoms with Crippen molar-refractivity contribution in [2.75, 3.05) is 0 Å². The second-order valence-corrected chi connectivity index (χ2v) is 5.52. The van der Waals surface area contributed by atoms with Crippen LogP contribution in [0.5, 0.6) is 0 Å². The van der Waals surface area contributed by atoms with E-state index in [0.717, 1.165) is 27.3 Å². The summed E-state index contributed by atoms with van der Waals surface area (Å²) in [5.41, 5.74) is 1.34. The van der Waals surface area contributed by atoms with Crippen LogP contribution in [0.3, 0.4) is 0 Å². The highest BCUT2D eigenvalue weighted by atomic mass is 79.9. The SMILES string of the molecule is Cc1nnc(CCc2ccc(Br)cc2)s1. The molecular weight excluding hydrogens is 272 g/mol. The molecule has 0 atom stereocenters. The van der Waals surface area contributed by atoms with Crippen LogP contribution >= 0.6 is 27.3 Å². The fraction of sp³-hybridized carbons (Fsp3) is 0.273. The van der Waals surface area contributed by atoms with Gasteiger partial charge in [-0.05, 0) is 31.0 Å². The van der Waals surface area contributed by atoms with Gasteiger partial charge >= 0.3 is 0 Å². The summed E-state index contributed by atoms with van der Waals surface area (Å²) in [5, 5.41) is 10.3. The van der Waals surface area contributed by atoms with Gasteiger partial charge in [-0.1, -0.05) is 28.1 Å². The van der Waals surface area contributed by atoms with Crippen molar-refractivity contribution < 1.29 is 0 Å². The molecule has 0 aliphatic carbocycles. The molecule has 1 heterocycles. The first-order valence-electron chi connectivity index (χ1n) is 4.77. The number of aryl methyl sites for hydroxylation is 3. The Labute approximate surface area is 101 Å². The highest BCUT2D eigenvalue weighted by molar-refractivity contribution is 9.10. The first-order valence-corrected chi connectivity index (χ1v) is 6.38. The Kier molecular flexibility index (Phi) is 3.49. The lowest BCUT2D eigenvalue weighted by molar-refractivity contribution is 0.898. The molecule has 2 aromatic rings. The van der Waals surface area contributed by atoms with E-state index in [-0.39, 0.29) is 0 Å². The minimum atomic E-state index is 0.979. The van der Waals surface area contributed by atoms with Crippen LogP contribution in [-0.4, -0.2) is 10.2 Å².